The lowest BCUT2D eigenvalue weighted by Crippen LogP contribution is -2.30. The van der Waals surface area contributed by atoms with Crippen molar-refractivity contribution in [1.82, 2.24) is 0 Å². The van der Waals surface area contributed by atoms with Gasteiger partial charge in [-0.1, -0.05) is 129 Å². The van der Waals surface area contributed by atoms with Crippen molar-refractivity contribution in [2.75, 3.05) is 13.2 Å². The third kappa shape index (κ3) is 26.1. The molecule has 13 heteroatoms. The number of aliphatic hydroxyl groups excluding tert-OH is 1. The third-order valence-electron chi connectivity index (χ3n) is 6.46. The van der Waals surface area contributed by atoms with Crippen molar-refractivity contribution in [2.45, 2.75) is 155 Å². The van der Waals surface area contributed by atoms with Crippen LogP contribution in [0.1, 0.15) is 149 Å². The van der Waals surface area contributed by atoms with Crippen LogP contribution in [0.5, 0.6) is 0 Å². The van der Waals surface area contributed by atoms with Crippen LogP contribution in [0, 0.1) is 0 Å². The number of hydrogen-bond acceptors (Lipinski definition) is 11. The fraction of sp³-hybridized carbons (Fsp3) is 0.929. The lowest BCUT2D eigenvalue weighted by atomic mass is 10.1. The molecule has 1 N–H and O–H groups in total. The van der Waals surface area contributed by atoms with Crippen LogP contribution in [0.2, 0.25) is 0 Å². The van der Waals surface area contributed by atoms with E-state index in [9.17, 15) is 31.5 Å². The Bertz CT molecular complexity index is 873. The molecule has 1 unspecified atom stereocenters. The predicted octanol–water partition coefficient (Wildman–Crippen LogP) is 6.19. The van der Waals surface area contributed by atoms with E-state index < -0.39 is 45.3 Å². The smallest absolute Gasteiger partial charge is 0.381 e. The number of rotatable bonds is 29. The lowest BCUT2D eigenvalue weighted by Gasteiger charge is -2.10. The van der Waals surface area contributed by atoms with Gasteiger partial charge in [0.15, 0.2) is 6.10 Å². The standard InChI is InChI=1S/C28H54O11S2/c1-3-5-7-9-11-13-15-17-19-21-23-36-40(32,33)38-27(30)25-26(29)28(31)39-41(34,35)37-24-22-20-18-16-14-12-10-8-6-4-2/h26,29H,3-25H2,1-2H3. The minimum Gasteiger partial charge on any atom is -0.381 e. The van der Waals surface area contributed by atoms with Gasteiger partial charge in [-0.25, -0.2) is 13.2 Å². The molecule has 0 amide bonds. The van der Waals surface area contributed by atoms with Gasteiger partial charge in [0, 0.05) is 0 Å². The topological polar surface area (TPSA) is 160 Å². The second kappa shape index (κ2) is 25.2. The van der Waals surface area contributed by atoms with Crippen LogP contribution in [-0.4, -0.2) is 53.2 Å². The fourth-order valence-electron chi connectivity index (χ4n) is 4.09. The maximum Gasteiger partial charge on any atom is 0.451 e. The first-order valence-corrected chi connectivity index (χ1v) is 18.1. The molecule has 0 heterocycles. The van der Waals surface area contributed by atoms with E-state index in [1.807, 2.05) is 0 Å². The van der Waals surface area contributed by atoms with E-state index in [2.05, 4.69) is 30.6 Å². The van der Waals surface area contributed by atoms with E-state index in [4.69, 9.17) is 0 Å². The van der Waals surface area contributed by atoms with Gasteiger partial charge < -0.3 is 13.5 Å². The van der Waals surface area contributed by atoms with Crippen molar-refractivity contribution in [3.05, 3.63) is 0 Å². The molecule has 0 aliphatic rings. The number of hydrogen-bond donors (Lipinski definition) is 1. The number of carbonyl (C=O) groups is 2. The van der Waals surface area contributed by atoms with Crippen molar-refractivity contribution < 1.29 is 48.3 Å². The minimum atomic E-state index is -4.74. The number of aliphatic hydroxyl groups is 1. The van der Waals surface area contributed by atoms with E-state index in [0.717, 1.165) is 51.4 Å². The summed E-state index contributed by atoms with van der Waals surface area (Å²) < 4.78 is 64.7. The first kappa shape index (κ1) is 39.7. The first-order valence-electron chi connectivity index (χ1n) is 15.5. The van der Waals surface area contributed by atoms with E-state index in [-0.39, 0.29) is 13.2 Å². The molecule has 244 valence electrons. The summed E-state index contributed by atoms with van der Waals surface area (Å²) in [4.78, 5) is 23.6. The molecule has 0 saturated heterocycles. The predicted molar refractivity (Wildman–Crippen MR) is 156 cm³/mol. The summed E-state index contributed by atoms with van der Waals surface area (Å²) in [5, 5.41) is 9.75. The summed E-state index contributed by atoms with van der Waals surface area (Å²) >= 11 is 0. The van der Waals surface area contributed by atoms with Crippen molar-refractivity contribution in [1.29, 1.82) is 0 Å². The first-order chi connectivity index (χ1) is 19.5. The molecule has 41 heavy (non-hydrogen) atoms. The molecule has 0 radical (unpaired) electrons. The maximum absolute atomic E-state index is 11.8. The Labute approximate surface area is 248 Å². The highest BCUT2D eigenvalue weighted by molar-refractivity contribution is 7.82. The van der Waals surface area contributed by atoms with Gasteiger partial charge in [0.05, 0.1) is 19.6 Å². The summed E-state index contributed by atoms with van der Waals surface area (Å²) in [6.07, 6.45) is 17.6. The zero-order valence-corrected chi connectivity index (χ0v) is 26.8. The van der Waals surface area contributed by atoms with Crippen LogP contribution >= 0.6 is 0 Å². The highest BCUT2D eigenvalue weighted by atomic mass is 32.3. The fourth-order valence-corrected chi connectivity index (χ4v) is 5.44. The Kier molecular flexibility index (Phi) is 24.5. The van der Waals surface area contributed by atoms with Gasteiger partial charge in [0.2, 0.25) is 0 Å². The zero-order valence-electron chi connectivity index (χ0n) is 25.2. The van der Waals surface area contributed by atoms with E-state index >= 15 is 0 Å². The van der Waals surface area contributed by atoms with Gasteiger partial charge in [0.25, 0.3) is 0 Å². The molecule has 1 atom stereocenters. The number of carbonyl (C=O) groups excluding carboxylic acids is 2. The normalized spacial score (nSPS) is 12.8. The van der Waals surface area contributed by atoms with Crippen LogP contribution < -0.4 is 0 Å². The zero-order chi connectivity index (χ0) is 30.8. The van der Waals surface area contributed by atoms with Crippen molar-refractivity contribution in [3.8, 4) is 0 Å². The summed E-state index contributed by atoms with van der Waals surface area (Å²) in [7, 11) is -9.42. The van der Waals surface area contributed by atoms with Crippen molar-refractivity contribution in [2.24, 2.45) is 0 Å². The Balaban J connectivity index is 4.01. The van der Waals surface area contributed by atoms with Gasteiger partial charge in [-0.15, -0.1) is 0 Å². The Morgan fingerprint density at radius 1 is 0.537 bits per heavy atom. The van der Waals surface area contributed by atoms with E-state index in [1.165, 1.54) is 64.2 Å². The van der Waals surface area contributed by atoms with Gasteiger partial charge in [-0.05, 0) is 12.8 Å². The van der Waals surface area contributed by atoms with Crippen LogP contribution in [0.25, 0.3) is 0 Å². The van der Waals surface area contributed by atoms with Gasteiger partial charge in [-0.3, -0.25) is 4.79 Å². The Hall–Kier alpha value is -1.28. The molecule has 0 aromatic carbocycles. The average Bonchev–Trinajstić information content (AvgIpc) is 2.89. The second-order valence-corrected chi connectivity index (χ2v) is 12.8. The Morgan fingerprint density at radius 3 is 1.22 bits per heavy atom. The highest BCUT2D eigenvalue weighted by Crippen LogP contribution is 2.13. The second-order valence-electron chi connectivity index (χ2n) is 10.4. The molecule has 0 spiro atoms. The summed E-state index contributed by atoms with van der Waals surface area (Å²) in [5.74, 6) is -3.19. The lowest BCUT2D eigenvalue weighted by molar-refractivity contribution is -0.150. The molecule has 0 bridgehead atoms. The van der Waals surface area contributed by atoms with E-state index in [0.29, 0.717) is 12.8 Å². The van der Waals surface area contributed by atoms with Gasteiger partial charge >= 0.3 is 32.7 Å². The molecule has 0 saturated carbocycles. The third-order valence-corrected chi connectivity index (χ3v) is 8.13. The van der Waals surface area contributed by atoms with Crippen LogP contribution in [-0.2, 0) is 47.1 Å². The summed E-state index contributed by atoms with van der Waals surface area (Å²) in [6.45, 7) is 3.98. The molecular weight excluding hydrogens is 576 g/mol. The highest BCUT2D eigenvalue weighted by Gasteiger charge is 2.29. The maximum atomic E-state index is 11.8. The van der Waals surface area contributed by atoms with Crippen molar-refractivity contribution >= 4 is 32.7 Å². The minimum absolute atomic E-state index is 0.175. The molecule has 0 aromatic heterocycles. The molecule has 11 nitrogen and oxygen atoms in total. The van der Waals surface area contributed by atoms with Crippen LogP contribution in [0.4, 0.5) is 0 Å². The largest absolute Gasteiger partial charge is 0.451 e. The molecule has 0 aliphatic carbocycles. The molecule has 0 fully saturated rings. The summed E-state index contributed by atoms with van der Waals surface area (Å²) in [6, 6.07) is 0. The van der Waals surface area contributed by atoms with Gasteiger partial charge in [0.1, 0.15) is 0 Å². The molecule has 0 rings (SSSR count). The van der Waals surface area contributed by atoms with Crippen molar-refractivity contribution in [3.63, 3.8) is 0 Å². The SMILES string of the molecule is CCCCCCCCCCCCOS(=O)(=O)OC(=O)CC(O)C(=O)OS(=O)(=O)OCCCCCCCCCCCC. The van der Waals surface area contributed by atoms with Crippen LogP contribution in [0.3, 0.4) is 0 Å². The van der Waals surface area contributed by atoms with Crippen LogP contribution in [0.15, 0.2) is 0 Å². The van der Waals surface area contributed by atoms with E-state index in [1.54, 1.807) is 0 Å². The number of unbranched alkanes of at least 4 members (excludes halogenated alkanes) is 18. The molecule has 0 aliphatic heterocycles. The molecule has 0 aromatic rings. The Morgan fingerprint density at radius 2 is 0.854 bits per heavy atom. The van der Waals surface area contributed by atoms with Gasteiger partial charge in [-0.2, -0.15) is 16.8 Å². The quantitative estimate of drug-likeness (QED) is 0.0939. The summed E-state index contributed by atoms with van der Waals surface area (Å²) in [5.41, 5.74) is 0. The monoisotopic (exact) mass is 630 g/mol. The average molecular weight is 631 g/mol. The molecular formula is C28H54O11S2.